The Hall–Kier alpha value is -2.86. The fraction of sp³-hybridized carbons (Fsp3) is 0.158. The Balaban J connectivity index is 2.14. The summed E-state index contributed by atoms with van der Waals surface area (Å²) < 4.78 is 0. The minimum atomic E-state index is -0.361. The van der Waals surface area contributed by atoms with Crippen molar-refractivity contribution in [2.45, 2.75) is 19.9 Å². The summed E-state index contributed by atoms with van der Waals surface area (Å²) in [4.78, 5) is 12.2. The molecule has 0 bridgehead atoms. The van der Waals surface area contributed by atoms with Gasteiger partial charge in [-0.05, 0) is 31.1 Å². The van der Waals surface area contributed by atoms with Gasteiger partial charge in [0.25, 0.3) is 5.91 Å². The second-order valence-electron chi connectivity index (χ2n) is 5.19. The molecule has 0 radical (unpaired) electrons. The topological polar surface area (TPSA) is 52.9 Å². The number of benzene rings is 2. The van der Waals surface area contributed by atoms with Crippen LogP contribution in [0.25, 0.3) is 6.08 Å². The minimum absolute atomic E-state index is 0.105. The van der Waals surface area contributed by atoms with Gasteiger partial charge in [-0.3, -0.25) is 4.79 Å². The average Bonchev–Trinajstić information content (AvgIpc) is 2.53. The summed E-state index contributed by atoms with van der Waals surface area (Å²) in [6.07, 6.45) is 1.61. The fourth-order valence-corrected chi connectivity index (χ4v) is 2.17. The SMILES string of the molecule is Cc1cccc(/C=C(\C#N)C(=O)N[C@@H](C)c2ccccc2)c1. The van der Waals surface area contributed by atoms with Gasteiger partial charge in [0, 0.05) is 0 Å². The molecule has 0 aliphatic heterocycles. The lowest BCUT2D eigenvalue weighted by Gasteiger charge is -2.13. The molecule has 0 saturated heterocycles. The van der Waals surface area contributed by atoms with Crippen LogP contribution in [-0.2, 0) is 4.79 Å². The molecule has 0 unspecified atom stereocenters. The van der Waals surface area contributed by atoms with E-state index in [0.717, 1.165) is 16.7 Å². The van der Waals surface area contributed by atoms with Crippen molar-refractivity contribution in [3.8, 4) is 6.07 Å². The van der Waals surface area contributed by atoms with E-state index in [9.17, 15) is 10.1 Å². The Morgan fingerprint density at radius 3 is 2.55 bits per heavy atom. The Kier molecular flexibility index (Phi) is 5.11. The summed E-state index contributed by atoms with van der Waals surface area (Å²) in [5, 5.41) is 12.1. The average molecular weight is 290 g/mol. The number of hydrogen-bond donors (Lipinski definition) is 1. The summed E-state index contributed by atoms with van der Waals surface area (Å²) >= 11 is 0. The summed E-state index contributed by atoms with van der Waals surface area (Å²) in [6.45, 7) is 3.87. The van der Waals surface area contributed by atoms with Gasteiger partial charge in [0.05, 0.1) is 6.04 Å². The van der Waals surface area contributed by atoms with Gasteiger partial charge in [0.2, 0.25) is 0 Å². The van der Waals surface area contributed by atoms with Crippen molar-refractivity contribution in [3.05, 3.63) is 76.9 Å². The van der Waals surface area contributed by atoms with Crippen molar-refractivity contribution in [2.24, 2.45) is 0 Å². The zero-order valence-corrected chi connectivity index (χ0v) is 12.7. The van der Waals surface area contributed by atoms with Crippen LogP contribution in [0.1, 0.15) is 29.7 Å². The van der Waals surface area contributed by atoms with E-state index in [1.165, 1.54) is 0 Å². The molecule has 2 rings (SSSR count). The first kappa shape index (κ1) is 15.5. The molecule has 0 saturated carbocycles. The maximum Gasteiger partial charge on any atom is 0.262 e. The standard InChI is InChI=1S/C19H18N2O/c1-14-7-6-8-16(11-14)12-18(13-20)19(22)21-15(2)17-9-4-3-5-10-17/h3-12,15H,1-2H3,(H,21,22)/b18-12+/t15-/m0/s1. The molecule has 1 amide bonds. The third-order valence-electron chi connectivity index (χ3n) is 3.37. The molecular weight excluding hydrogens is 272 g/mol. The number of aryl methyl sites for hydroxylation is 1. The largest absolute Gasteiger partial charge is 0.345 e. The van der Waals surface area contributed by atoms with Crippen LogP contribution in [-0.4, -0.2) is 5.91 Å². The third-order valence-corrected chi connectivity index (χ3v) is 3.37. The van der Waals surface area contributed by atoms with Crippen LogP contribution >= 0.6 is 0 Å². The zero-order chi connectivity index (χ0) is 15.9. The van der Waals surface area contributed by atoms with Crippen molar-refractivity contribution in [1.82, 2.24) is 5.32 Å². The van der Waals surface area contributed by atoms with Crippen molar-refractivity contribution < 1.29 is 4.79 Å². The maximum absolute atomic E-state index is 12.2. The van der Waals surface area contributed by atoms with Gasteiger partial charge in [0.1, 0.15) is 11.6 Å². The number of nitrogens with one attached hydrogen (secondary N) is 1. The Morgan fingerprint density at radius 2 is 1.91 bits per heavy atom. The lowest BCUT2D eigenvalue weighted by Crippen LogP contribution is -2.27. The van der Waals surface area contributed by atoms with Gasteiger partial charge in [-0.2, -0.15) is 5.26 Å². The quantitative estimate of drug-likeness (QED) is 0.688. The van der Waals surface area contributed by atoms with E-state index in [1.807, 2.05) is 74.5 Å². The van der Waals surface area contributed by atoms with E-state index < -0.39 is 0 Å². The smallest absolute Gasteiger partial charge is 0.262 e. The van der Waals surface area contributed by atoms with Gasteiger partial charge in [-0.15, -0.1) is 0 Å². The lowest BCUT2D eigenvalue weighted by molar-refractivity contribution is -0.117. The van der Waals surface area contributed by atoms with Crippen LogP contribution in [0.3, 0.4) is 0 Å². The molecule has 0 spiro atoms. The van der Waals surface area contributed by atoms with E-state index in [4.69, 9.17) is 0 Å². The first-order valence-corrected chi connectivity index (χ1v) is 7.14. The van der Waals surface area contributed by atoms with E-state index >= 15 is 0 Å². The van der Waals surface area contributed by atoms with Gasteiger partial charge >= 0.3 is 0 Å². The van der Waals surface area contributed by atoms with Gasteiger partial charge in [-0.1, -0.05) is 60.2 Å². The first-order valence-electron chi connectivity index (χ1n) is 7.14. The number of carbonyl (C=O) groups excluding carboxylic acids is 1. The Morgan fingerprint density at radius 1 is 1.18 bits per heavy atom. The number of nitriles is 1. The molecule has 2 aromatic rings. The number of carbonyl (C=O) groups is 1. The molecule has 0 heterocycles. The normalized spacial score (nSPS) is 12.3. The van der Waals surface area contributed by atoms with Crippen LogP contribution in [0, 0.1) is 18.3 Å². The first-order chi connectivity index (χ1) is 10.6. The fourth-order valence-electron chi connectivity index (χ4n) is 2.17. The highest BCUT2D eigenvalue weighted by molar-refractivity contribution is 6.01. The highest BCUT2D eigenvalue weighted by Crippen LogP contribution is 2.13. The van der Waals surface area contributed by atoms with Gasteiger partial charge in [-0.25, -0.2) is 0 Å². The molecule has 2 aromatic carbocycles. The monoisotopic (exact) mass is 290 g/mol. The van der Waals surface area contributed by atoms with Crippen LogP contribution in [0.4, 0.5) is 0 Å². The summed E-state index contributed by atoms with van der Waals surface area (Å²) in [7, 11) is 0. The van der Waals surface area contributed by atoms with Gasteiger partial charge < -0.3 is 5.32 Å². The highest BCUT2D eigenvalue weighted by Gasteiger charge is 2.13. The molecule has 3 nitrogen and oxygen atoms in total. The van der Waals surface area contributed by atoms with Crippen LogP contribution in [0.15, 0.2) is 60.2 Å². The van der Waals surface area contributed by atoms with Crippen LogP contribution in [0.5, 0.6) is 0 Å². The van der Waals surface area contributed by atoms with E-state index in [2.05, 4.69) is 5.32 Å². The van der Waals surface area contributed by atoms with Crippen molar-refractivity contribution >= 4 is 12.0 Å². The second-order valence-corrected chi connectivity index (χ2v) is 5.19. The summed E-state index contributed by atoms with van der Waals surface area (Å²) in [5.41, 5.74) is 3.04. The molecular formula is C19H18N2O. The predicted octanol–water partition coefficient (Wildman–Crippen LogP) is 3.78. The molecule has 1 atom stereocenters. The molecule has 0 aromatic heterocycles. The van der Waals surface area contributed by atoms with Crippen molar-refractivity contribution in [2.75, 3.05) is 0 Å². The summed E-state index contributed by atoms with van der Waals surface area (Å²) in [6, 6.07) is 19.2. The molecule has 3 heteroatoms. The molecule has 22 heavy (non-hydrogen) atoms. The van der Waals surface area contributed by atoms with Crippen LogP contribution < -0.4 is 5.32 Å². The Bertz CT molecular complexity index is 727. The van der Waals surface area contributed by atoms with Crippen LogP contribution in [0.2, 0.25) is 0 Å². The molecule has 0 aliphatic carbocycles. The van der Waals surface area contributed by atoms with E-state index in [1.54, 1.807) is 6.08 Å². The highest BCUT2D eigenvalue weighted by atomic mass is 16.1. The Labute approximate surface area is 130 Å². The molecule has 0 aliphatic rings. The lowest BCUT2D eigenvalue weighted by atomic mass is 10.1. The maximum atomic E-state index is 12.2. The van der Waals surface area contributed by atoms with Gasteiger partial charge in [0.15, 0.2) is 0 Å². The predicted molar refractivity (Wildman–Crippen MR) is 87.8 cm³/mol. The molecule has 1 N–H and O–H groups in total. The number of nitrogens with zero attached hydrogens (tertiary/aromatic N) is 1. The summed E-state index contributed by atoms with van der Waals surface area (Å²) in [5.74, 6) is -0.361. The van der Waals surface area contributed by atoms with Crippen molar-refractivity contribution in [3.63, 3.8) is 0 Å². The third kappa shape index (κ3) is 4.07. The van der Waals surface area contributed by atoms with E-state index in [-0.39, 0.29) is 17.5 Å². The number of amides is 1. The minimum Gasteiger partial charge on any atom is -0.345 e. The second kappa shape index (κ2) is 7.24. The zero-order valence-electron chi connectivity index (χ0n) is 12.7. The molecule has 0 fully saturated rings. The van der Waals surface area contributed by atoms with E-state index in [0.29, 0.717) is 0 Å². The number of rotatable bonds is 4. The molecule has 110 valence electrons. The number of hydrogen-bond acceptors (Lipinski definition) is 2. The van der Waals surface area contributed by atoms with Crippen molar-refractivity contribution in [1.29, 1.82) is 5.26 Å².